The zero-order valence-electron chi connectivity index (χ0n) is 27.0. The van der Waals surface area contributed by atoms with Crippen LogP contribution in [0.5, 0.6) is 0 Å². The Balaban J connectivity index is 1.45. The van der Waals surface area contributed by atoms with Crippen molar-refractivity contribution in [3.8, 4) is 0 Å². The molecule has 0 radical (unpaired) electrons. The lowest BCUT2D eigenvalue weighted by molar-refractivity contribution is 1.02. The first-order valence-electron chi connectivity index (χ1n) is 17.3. The molecule has 6 heteroatoms. The maximum Gasteiger partial charge on any atom is 0.225 e. The average Bonchev–Trinajstić information content (AvgIpc) is 3.91. The zero-order chi connectivity index (χ0) is 32.9. The fourth-order valence-corrected chi connectivity index (χ4v) is 9.10. The normalized spacial score (nSPS) is 12.7. The fourth-order valence-electron chi connectivity index (χ4n) is 9.10. The van der Waals surface area contributed by atoms with E-state index in [0.717, 1.165) is 82.8 Å². The van der Waals surface area contributed by atoms with E-state index < -0.39 is 0 Å². The first kappa shape index (κ1) is 25.9. The molecule has 4 heterocycles. The standard InChI is InChI=1S/C45H24N6/c1-7-19-31-25(13-1)28-16-4-10-22-34(28)40-37(31)46-43-49(40)44-47-39-33-21-9-3-15-27(33)30-18-6-12-24-36(30)42(39)51(44)45-48-38-32-20-8-2-14-26(32)29-17-5-11-23-35(29)41(38)50(43)45/h1-24H. The van der Waals surface area contributed by atoms with Crippen LogP contribution in [0.4, 0.5) is 0 Å². The van der Waals surface area contributed by atoms with Crippen LogP contribution in [-0.2, 0) is 0 Å². The van der Waals surface area contributed by atoms with Crippen LogP contribution in [0.2, 0.25) is 0 Å². The molecule has 0 spiro atoms. The summed E-state index contributed by atoms with van der Waals surface area (Å²) in [5, 5.41) is 13.9. The van der Waals surface area contributed by atoms with Gasteiger partial charge in [-0.1, -0.05) is 146 Å². The highest BCUT2D eigenvalue weighted by Gasteiger charge is 2.26. The quantitative estimate of drug-likeness (QED) is 0.154. The number of fused-ring (bicyclic) bond motifs is 27. The van der Waals surface area contributed by atoms with Crippen LogP contribution in [0.3, 0.4) is 0 Å². The highest BCUT2D eigenvalue weighted by Crippen LogP contribution is 2.42. The smallest absolute Gasteiger partial charge is 0.225 e. The Hall–Kier alpha value is -7.05. The third-order valence-electron chi connectivity index (χ3n) is 11.1. The number of aromatic nitrogens is 6. The molecule has 0 fully saturated rings. The molecule has 0 bridgehead atoms. The summed E-state index contributed by atoms with van der Waals surface area (Å²) in [6.45, 7) is 0. The second-order valence-electron chi connectivity index (χ2n) is 13.6. The summed E-state index contributed by atoms with van der Waals surface area (Å²) in [4.78, 5) is 16.8. The molecule has 4 aromatic heterocycles. The molecule has 51 heavy (non-hydrogen) atoms. The van der Waals surface area contributed by atoms with Crippen molar-refractivity contribution in [2.75, 3.05) is 0 Å². The van der Waals surface area contributed by atoms with Gasteiger partial charge >= 0.3 is 0 Å². The van der Waals surface area contributed by atoms with E-state index in [-0.39, 0.29) is 0 Å². The third kappa shape index (κ3) is 3.00. The lowest BCUT2D eigenvalue weighted by Crippen LogP contribution is -2.04. The van der Waals surface area contributed by atoms with Crippen molar-refractivity contribution >= 4 is 115 Å². The summed E-state index contributed by atoms with van der Waals surface area (Å²) >= 11 is 0. The van der Waals surface area contributed by atoms with Gasteiger partial charge in [-0.3, -0.25) is 0 Å². The molecule has 0 saturated heterocycles. The Morgan fingerprint density at radius 3 is 0.686 bits per heavy atom. The maximum absolute atomic E-state index is 5.61. The molecule has 0 saturated carbocycles. The van der Waals surface area contributed by atoms with Gasteiger partial charge < -0.3 is 0 Å². The molecule has 6 nitrogen and oxygen atoms in total. The molecule has 13 rings (SSSR count). The minimum absolute atomic E-state index is 0.792. The van der Waals surface area contributed by atoms with Crippen LogP contribution in [0.25, 0.3) is 115 Å². The van der Waals surface area contributed by atoms with Crippen LogP contribution in [0.15, 0.2) is 146 Å². The molecular weight excluding hydrogens is 625 g/mol. The van der Waals surface area contributed by atoms with Gasteiger partial charge in [0, 0.05) is 32.3 Å². The molecule has 0 unspecified atom stereocenters. The molecular formula is C45H24N6. The summed E-state index contributed by atoms with van der Waals surface area (Å²) in [5.41, 5.74) is 5.98. The Kier molecular flexibility index (Phi) is 4.54. The third-order valence-corrected chi connectivity index (χ3v) is 11.1. The molecule has 0 N–H and O–H groups in total. The highest BCUT2D eigenvalue weighted by molar-refractivity contribution is 6.28. The Morgan fingerprint density at radius 2 is 0.431 bits per heavy atom. The van der Waals surface area contributed by atoms with Crippen molar-refractivity contribution in [3.63, 3.8) is 0 Å². The average molecular weight is 649 g/mol. The minimum atomic E-state index is 0.792. The number of hydrogen-bond donors (Lipinski definition) is 0. The first-order chi connectivity index (χ1) is 25.3. The summed E-state index contributed by atoms with van der Waals surface area (Å²) in [5.74, 6) is 2.38. The van der Waals surface area contributed by atoms with Gasteiger partial charge in [-0.25, -0.2) is 28.2 Å². The van der Waals surface area contributed by atoms with Gasteiger partial charge in [0.25, 0.3) is 0 Å². The first-order valence-corrected chi connectivity index (χ1v) is 17.3. The van der Waals surface area contributed by atoms with Crippen LogP contribution in [0.1, 0.15) is 0 Å². The van der Waals surface area contributed by atoms with Crippen LogP contribution in [-0.4, -0.2) is 28.2 Å². The van der Waals surface area contributed by atoms with Crippen molar-refractivity contribution in [3.05, 3.63) is 146 Å². The summed E-state index contributed by atoms with van der Waals surface area (Å²) in [6.07, 6.45) is 0. The highest BCUT2D eigenvalue weighted by atomic mass is 15.3. The van der Waals surface area contributed by atoms with Crippen molar-refractivity contribution in [2.24, 2.45) is 0 Å². The van der Waals surface area contributed by atoms with E-state index in [1.165, 1.54) is 32.3 Å². The molecule has 234 valence electrons. The Morgan fingerprint density at radius 1 is 0.235 bits per heavy atom. The number of benzene rings is 9. The number of hydrogen-bond acceptors (Lipinski definition) is 3. The van der Waals surface area contributed by atoms with Crippen molar-refractivity contribution in [2.45, 2.75) is 0 Å². The Bertz CT molecular complexity index is 3290. The van der Waals surface area contributed by atoms with E-state index in [2.05, 4.69) is 159 Å². The topological polar surface area (TPSA) is 51.9 Å². The van der Waals surface area contributed by atoms with Crippen LogP contribution in [0, 0.1) is 0 Å². The van der Waals surface area contributed by atoms with Gasteiger partial charge in [0.2, 0.25) is 17.3 Å². The van der Waals surface area contributed by atoms with Gasteiger partial charge in [0.05, 0.1) is 33.1 Å². The summed E-state index contributed by atoms with van der Waals surface area (Å²) in [7, 11) is 0. The maximum atomic E-state index is 5.61. The predicted octanol–water partition coefficient (Wildman–Crippen LogP) is 11.0. The zero-order valence-corrected chi connectivity index (χ0v) is 27.0. The van der Waals surface area contributed by atoms with Gasteiger partial charge in [-0.2, -0.15) is 0 Å². The molecule has 0 aliphatic carbocycles. The van der Waals surface area contributed by atoms with Gasteiger partial charge in [-0.05, 0) is 32.3 Å². The second kappa shape index (κ2) is 8.94. The van der Waals surface area contributed by atoms with E-state index in [0.29, 0.717) is 0 Å². The van der Waals surface area contributed by atoms with E-state index >= 15 is 0 Å². The van der Waals surface area contributed by atoms with E-state index in [1.807, 2.05) is 0 Å². The van der Waals surface area contributed by atoms with E-state index in [4.69, 9.17) is 15.0 Å². The lowest BCUT2D eigenvalue weighted by Gasteiger charge is -2.10. The second-order valence-corrected chi connectivity index (χ2v) is 13.6. The Labute approximate surface area is 288 Å². The van der Waals surface area contributed by atoms with Crippen LogP contribution < -0.4 is 0 Å². The largest absolute Gasteiger partial charge is 0.246 e. The van der Waals surface area contributed by atoms with Crippen molar-refractivity contribution in [1.29, 1.82) is 0 Å². The van der Waals surface area contributed by atoms with E-state index in [1.54, 1.807) is 0 Å². The molecule has 0 aliphatic rings. The number of rotatable bonds is 0. The van der Waals surface area contributed by atoms with Gasteiger partial charge in [0.15, 0.2) is 0 Å². The van der Waals surface area contributed by atoms with Crippen molar-refractivity contribution in [1.82, 2.24) is 28.2 Å². The molecule has 0 atom stereocenters. The molecule has 13 aromatic rings. The minimum Gasteiger partial charge on any atom is -0.246 e. The molecule has 0 amide bonds. The summed E-state index contributed by atoms with van der Waals surface area (Å²) < 4.78 is 6.89. The number of imidazole rings is 3. The SMILES string of the molecule is c1ccc2c(c1)c1ccccc1c1c2nc2n1c1nc3c4ccccc4c4ccccc4c3n1c1nc3c4ccccc4c4ccccc4c3n21. The fraction of sp³-hybridized carbons (Fsp3) is 0. The monoisotopic (exact) mass is 648 g/mol. The summed E-state index contributed by atoms with van der Waals surface area (Å²) in [6, 6.07) is 52.0. The van der Waals surface area contributed by atoms with Gasteiger partial charge in [0.1, 0.15) is 0 Å². The molecule has 0 aliphatic heterocycles. The number of nitrogens with zero attached hydrogens (tertiary/aromatic N) is 6. The van der Waals surface area contributed by atoms with E-state index in [9.17, 15) is 0 Å². The van der Waals surface area contributed by atoms with Crippen LogP contribution >= 0.6 is 0 Å². The van der Waals surface area contributed by atoms with Crippen molar-refractivity contribution < 1.29 is 0 Å². The van der Waals surface area contributed by atoms with Gasteiger partial charge in [-0.15, -0.1) is 0 Å². The lowest BCUT2D eigenvalue weighted by atomic mass is 10.00. The predicted molar refractivity (Wildman–Crippen MR) is 210 cm³/mol. The molecule has 9 aromatic carbocycles.